The van der Waals surface area contributed by atoms with Crippen LogP contribution in [-0.2, 0) is 4.79 Å². The van der Waals surface area contributed by atoms with Crippen LogP contribution in [0.5, 0.6) is 0 Å². The molecule has 70 valence electrons. The lowest BCUT2D eigenvalue weighted by Crippen LogP contribution is -2.05. The Labute approximate surface area is 79.8 Å². The molecule has 14 heavy (non-hydrogen) atoms. The van der Waals surface area contributed by atoms with Crippen molar-refractivity contribution in [2.45, 2.75) is 0 Å². The molecule has 1 aliphatic rings. The normalized spacial score (nSPS) is 13.6. The Balaban J connectivity index is 2.60. The fourth-order valence-corrected chi connectivity index (χ4v) is 1.19. The summed E-state index contributed by atoms with van der Waals surface area (Å²) in [5.41, 5.74) is 1.24. The van der Waals surface area contributed by atoms with E-state index in [-0.39, 0.29) is 5.57 Å². The molecule has 0 bridgehead atoms. The molecule has 0 aromatic carbocycles. The molecule has 0 unspecified atom stereocenters. The smallest absolute Gasteiger partial charge is 0.339 e. The van der Waals surface area contributed by atoms with E-state index in [1.54, 1.807) is 18.5 Å². The van der Waals surface area contributed by atoms with Crippen LogP contribution in [0.3, 0.4) is 0 Å². The molecule has 0 saturated heterocycles. The number of fused-ring (bicyclic) bond motifs is 1. The second-order valence-electron chi connectivity index (χ2n) is 2.69. The van der Waals surface area contributed by atoms with Gasteiger partial charge in [0.25, 0.3) is 0 Å². The van der Waals surface area contributed by atoms with Crippen molar-refractivity contribution in [1.82, 2.24) is 15.3 Å². The number of carbonyl (C=O) groups is 1. The van der Waals surface area contributed by atoms with Crippen LogP contribution in [0, 0.1) is 0 Å². The van der Waals surface area contributed by atoms with Crippen molar-refractivity contribution in [2.24, 2.45) is 0 Å². The molecule has 5 nitrogen and oxygen atoms in total. The first-order valence-corrected chi connectivity index (χ1v) is 3.95. The molecule has 1 aromatic rings. The second kappa shape index (κ2) is 3.29. The highest BCUT2D eigenvalue weighted by atomic mass is 16.4. The Kier molecular flexibility index (Phi) is 1.98. The number of hydrogen-bond acceptors (Lipinski definition) is 4. The van der Waals surface area contributed by atoms with Crippen LogP contribution in [0.2, 0.25) is 0 Å². The molecule has 1 aromatic heterocycles. The van der Waals surface area contributed by atoms with E-state index in [2.05, 4.69) is 15.3 Å². The molecule has 0 atom stereocenters. The number of hydrogen-bond donors (Lipinski definition) is 2. The van der Waals surface area contributed by atoms with Crippen LogP contribution in [0.15, 0.2) is 24.9 Å². The molecule has 0 radical (unpaired) electrons. The molecule has 1 aliphatic heterocycles. The molecule has 2 rings (SSSR count). The van der Waals surface area contributed by atoms with Crippen LogP contribution in [0.25, 0.3) is 11.6 Å². The predicted octanol–water partition coefficient (Wildman–Crippen LogP) is 0.476. The number of rotatable bonds is 1. The van der Waals surface area contributed by atoms with E-state index in [0.29, 0.717) is 11.3 Å². The molecule has 0 spiro atoms. The Morgan fingerprint density at radius 3 is 3.14 bits per heavy atom. The van der Waals surface area contributed by atoms with Crippen molar-refractivity contribution < 1.29 is 9.90 Å². The minimum atomic E-state index is -1.01. The number of aliphatic carboxylic acids is 1. The van der Waals surface area contributed by atoms with Gasteiger partial charge in [0.05, 0.1) is 5.69 Å². The van der Waals surface area contributed by atoms with Gasteiger partial charge in [-0.3, -0.25) is 0 Å². The van der Waals surface area contributed by atoms with E-state index in [0.717, 1.165) is 0 Å². The Morgan fingerprint density at radius 1 is 1.50 bits per heavy atom. The zero-order chi connectivity index (χ0) is 9.97. The van der Waals surface area contributed by atoms with Gasteiger partial charge in [0.15, 0.2) is 0 Å². The third-order valence-electron chi connectivity index (χ3n) is 1.81. The Morgan fingerprint density at radius 2 is 2.36 bits per heavy atom. The summed E-state index contributed by atoms with van der Waals surface area (Å²) >= 11 is 0. The molecule has 0 fully saturated rings. The standard InChI is InChI=1S/C9H7N3O2/c13-9(14)7-4-10-2-1-6-3-11-5-12-8(6)7/h1-5,10H,(H,13,14). The van der Waals surface area contributed by atoms with Crippen LogP contribution in [0.1, 0.15) is 11.3 Å². The zero-order valence-corrected chi connectivity index (χ0v) is 7.14. The molecule has 2 N–H and O–H groups in total. The third kappa shape index (κ3) is 1.35. The van der Waals surface area contributed by atoms with E-state index in [1.165, 1.54) is 12.5 Å². The van der Waals surface area contributed by atoms with E-state index in [4.69, 9.17) is 5.11 Å². The maximum absolute atomic E-state index is 10.9. The maximum atomic E-state index is 10.9. The van der Waals surface area contributed by atoms with Gasteiger partial charge < -0.3 is 10.4 Å². The van der Waals surface area contributed by atoms with Gasteiger partial charge in [-0.25, -0.2) is 14.8 Å². The lowest BCUT2D eigenvalue weighted by atomic mass is 10.1. The molecule has 0 saturated carbocycles. The first-order chi connectivity index (χ1) is 6.79. The minimum Gasteiger partial charge on any atom is -0.478 e. The first-order valence-electron chi connectivity index (χ1n) is 3.95. The van der Waals surface area contributed by atoms with Gasteiger partial charge in [0.2, 0.25) is 0 Å². The van der Waals surface area contributed by atoms with E-state index in [9.17, 15) is 4.79 Å². The van der Waals surface area contributed by atoms with Gasteiger partial charge in [-0.05, 0) is 6.08 Å². The predicted molar refractivity (Wildman–Crippen MR) is 49.8 cm³/mol. The van der Waals surface area contributed by atoms with Gasteiger partial charge in [0.1, 0.15) is 11.9 Å². The highest BCUT2D eigenvalue weighted by molar-refractivity contribution is 6.15. The Hall–Kier alpha value is -2.17. The quantitative estimate of drug-likeness (QED) is 0.671. The fraction of sp³-hybridized carbons (Fsp3) is 0. The van der Waals surface area contributed by atoms with Crippen LogP contribution >= 0.6 is 0 Å². The lowest BCUT2D eigenvalue weighted by Gasteiger charge is -2.01. The van der Waals surface area contributed by atoms with Crippen molar-refractivity contribution in [2.75, 3.05) is 0 Å². The largest absolute Gasteiger partial charge is 0.478 e. The van der Waals surface area contributed by atoms with Gasteiger partial charge in [0, 0.05) is 24.2 Å². The number of carboxylic acids is 1. The van der Waals surface area contributed by atoms with Crippen LogP contribution < -0.4 is 5.32 Å². The highest BCUT2D eigenvalue weighted by Gasteiger charge is 2.16. The van der Waals surface area contributed by atoms with Gasteiger partial charge in [-0.2, -0.15) is 0 Å². The van der Waals surface area contributed by atoms with E-state index in [1.807, 2.05) is 0 Å². The van der Waals surface area contributed by atoms with Crippen LogP contribution in [0.4, 0.5) is 0 Å². The van der Waals surface area contributed by atoms with Gasteiger partial charge in [-0.15, -0.1) is 0 Å². The average molecular weight is 189 g/mol. The van der Waals surface area contributed by atoms with Crippen LogP contribution in [-0.4, -0.2) is 21.0 Å². The van der Waals surface area contributed by atoms with Crippen molar-refractivity contribution in [3.8, 4) is 0 Å². The first kappa shape index (κ1) is 8.43. The lowest BCUT2D eigenvalue weighted by molar-refractivity contribution is -0.130. The third-order valence-corrected chi connectivity index (χ3v) is 1.81. The van der Waals surface area contributed by atoms with Gasteiger partial charge >= 0.3 is 5.97 Å². The fourth-order valence-electron chi connectivity index (χ4n) is 1.19. The summed E-state index contributed by atoms with van der Waals surface area (Å²) in [6.45, 7) is 0. The van der Waals surface area contributed by atoms with Crippen molar-refractivity contribution in [1.29, 1.82) is 0 Å². The summed E-state index contributed by atoms with van der Waals surface area (Å²) < 4.78 is 0. The number of nitrogens with zero attached hydrogens (tertiary/aromatic N) is 2. The minimum absolute atomic E-state index is 0.132. The number of nitrogens with one attached hydrogen (secondary N) is 1. The maximum Gasteiger partial charge on any atom is 0.339 e. The summed E-state index contributed by atoms with van der Waals surface area (Å²) in [4.78, 5) is 18.6. The molecule has 2 heterocycles. The van der Waals surface area contributed by atoms with Gasteiger partial charge in [-0.1, -0.05) is 0 Å². The summed E-state index contributed by atoms with van der Waals surface area (Å²) in [6, 6.07) is 0. The Bertz CT molecular complexity index is 437. The SMILES string of the molecule is O=C(O)C1=CNC=Cc2cncnc21. The molecule has 5 heteroatoms. The van der Waals surface area contributed by atoms with Crippen molar-refractivity contribution in [3.63, 3.8) is 0 Å². The summed E-state index contributed by atoms with van der Waals surface area (Å²) in [5.74, 6) is -1.01. The number of aromatic nitrogens is 2. The van der Waals surface area contributed by atoms with E-state index < -0.39 is 5.97 Å². The number of carboxylic acid groups (broad SMARTS) is 1. The zero-order valence-electron chi connectivity index (χ0n) is 7.14. The topological polar surface area (TPSA) is 75.1 Å². The van der Waals surface area contributed by atoms with Crippen molar-refractivity contribution in [3.05, 3.63) is 36.2 Å². The second-order valence-corrected chi connectivity index (χ2v) is 2.69. The summed E-state index contributed by atoms with van der Waals surface area (Å²) in [6.07, 6.45) is 7.66. The van der Waals surface area contributed by atoms with E-state index >= 15 is 0 Å². The molecule has 0 aliphatic carbocycles. The molecular formula is C9H7N3O2. The van der Waals surface area contributed by atoms with Crippen molar-refractivity contribution >= 4 is 17.6 Å². The average Bonchev–Trinajstić information content (AvgIpc) is 2.39. The molecule has 0 amide bonds. The summed E-state index contributed by atoms with van der Waals surface area (Å²) in [7, 11) is 0. The summed E-state index contributed by atoms with van der Waals surface area (Å²) in [5, 5.41) is 11.6. The monoisotopic (exact) mass is 189 g/mol. The highest BCUT2D eigenvalue weighted by Crippen LogP contribution is 2.18. The molecular weight excluding hydrogens is 182 g/mol.